The lowest BCUT2D eigenvalue weighted by Crippen LogP contribution is -2.28. The van der Waals surface area contributed by atoms with Gasteiger partial charge in [0.25, 0.3) is 5.91 Å². The second kappa shape index (κ2) is 11.2. The fourth-order valence-electron chi connectivity index (χ4n) is 4.47. The Morgan fingerprint density at radius 2 is 1.82 bits per heavy atom. The molecule has 1 aliphatic heterocycles. The van der Waals surface area contributed by atoms with E-state index in [2.05, 4.69) is 61.8 Å². The Hall–Kier alpha value is -3.62. The number of thioether (sulfide) groups is 1. The van der Waals surface area contributed by atoms with Crippen LogP contribution < -0.4 is 0 Å². The molecule has 0 spiro atoms. The first-order chi connectivity index (χ1) is 18.7. The summed E-state index contributed by atoms with van der Waals surface area (Å²) in [7, 11) is 0. The van der Waals surface area contributed by atoms with Crippen LogP contribution in [0.3, 0.4) is 0 Å². The lowest BCUT2D eigenvalue weighted by atomic mass is 9.87. The van der Waals surface area contributed by atoms with Crippen LogP contribution >= 0.6 is 23.4 Å². The zero-order chi connectivity index (χ0) is 27.6. The molecule has 2 aromatic carbocycles. The number of nitrogens with zero attached hydrogens (tertiary/aromatic N) is 5. The Kier molecular flexibility index (Phi) is 7.77. The Balaban J connectivity index is 1.36. The Labute approximate surface area is 237 Å². The van der Waals surface area contributed by atoms with Gasteiger partial charge in [-0.15, -0.1) is 16.8 Å². The molecule has 0 unspecified atom stereocenters. The van der Waals surface area contributed by atoms with E-state index in [4.69, 9.17) is 21.1 Å². The largest absolute Gasteiger partial charge is 0.467 e. The van der Waals surface area contributed by atoms with Gasteiger partial charge in [-0.1, -0.05) is 86.6 Å². The van der Waals surface area contributed by atoms with Gasteiger partial charge in [0.1, 0.15) is 11.8 Å². The first-order valence-corrected chi connectivity index (χ1v) is 14.1. The topological polar surface area (TPSA) is 76.5 Å². The number of hydrogen-bond donors (Lipinski definition) is 0. The zero-order valence-corrected chi connectivity index (χ0v) is 23.7. The third kappa shape index (κ3) is 5.87. The average molecular weight is 560 g/mol. The van der Waals surface area contributed by atoms with Crippen molar-refractivity contribution in [1.29, 1.82) is 0 Å². The number of furan rings is 1. The molecule has 7 nitrogen and oxygen atoms in total. The van der Waals surface area contributed by atoms with Gasteiger partial charge >= 0.3 is 0 Å². The first-order valence-electron chi connectivity index (χ1n) is 12.7. The summed E-state index contributed by atoms with van der Waals surface area (Å²) in [6.45, 7) is 11.0. The van der Waals surface area contributed by atoms with E-state index < -0.39 is 0 Å². The molecule has 0 radical (unpaired) electrons. The number of carbonyl (C=O) groups is 1. The molecule has 200 valence electrons. The van der Waals surface area contributed by atoms with E-state index in [1.807, 2.05) is 41.0 Å². The molecule has 0 fully saturated rings. The van der Waals surface area contributed by atoms with Crippen LogP contribution in [0.5, 0.6) is 0 Å². The van der Waals surface area contributed by atoms with Gasteiger partial charge in [-0.25, -0.2) is 5.01 Å². The summed E-state index contributed by atoms with van der Waals surface area (Å²) in [6.07, 6.45) is 3.96. The van der Waals surface area contributed by atoms with Crippen molar-refractivity contribution >= 4 is 35.0 Å². The molecule has 0 N–H and O–H groups in total. The van der Waals surface area contributed by atoms with E-state index >= 15 is 0 Å². The van der Waals surface area contributed by atoms with E-state index in [0.717, 1.165) is 22.7 Å². The molecule has 1 atom stereocenters. The molecule has 9 heteroatoms. The highest BCUT2D eigenvalue weighted by Gasteiger charge is 2.35. The van der Waals surface area contributed by atoms with Crippen molar-refractivity contribution in [3.63, 3.8) is 0 Å². The summed E-state index contributed by atoms with van der Waals surface area (Å²) in [6, 6.07) is 19.2. The summed E-state index contributed by atoms with van der Waals surface area (Å²) >= 11 is 7.40. The maximum absolute atomic E-state index is 13.5. The molecule has 1 aliphatic rings. The van der Waals surface area contributed by atoms with Gasteiger partial charge in [0.2, 0.25) is 0 Å². The molecule has 3 heterocycles. The molecule has 0 aliphatic carbocycles. The van der Waals surface area contributed by atoms with Crippen molar-refractivity contribution < 1.29 is 9.21 Å². The Morgan fingerprint density at radius 1 is 1.10 bits per heavy atom. The predicted molar refractivity (Wildman–Crippen MR) is 156 cm³/mol. The van der Waals surface area contributed by atoms with Crippen molar-refractivity contribution in [3.8, 4) is 11.4 Å². The molecule has 1 amide bonds. The third-order valence-corrected chi connectivity index (χ3v) is 7.78. The minimum atomic E-state index is -0.318. The quantitative estimate of drug-likeness (QED) is 0.169. The highest BCUT2D eigenvalue weighted by molar-refractivity contribution is 7.99. The fraction of sp³-hybridized carbons (Fsp3) is 0.267. The molecule has 0 saturated carbocycles. The van der Waals surface area contributed by atoms with Crippen LogP contribution in [0.2, 0.25) is 5.02 Å². The molecule has 0 bridgehead atoms. The lowest BCUT2D eigenvalue weighted by Gasteiger charge is -2.19. The van der Waals surface area contributed by atoms with Gasteiger partial charge in [0.15, 0.2) is 11.0 Å². The normalized spacial score (nSPS) is 15.4. The second-order valence-electron chi connectivity index (χ2n) is 10.3. The molecule has 0 saturated heterocycles. The van der Waals surface area contributed by atoms with Crippen LogP contribution in [0.25, 0.3) is 11.4 Å². The molecule has 5 rings (SSSR count). The molecule has 39 heavy (non-hydrogen) atoms. The minimum Gasteiger partial charge on any atom is -0.467 e. The van der Waals surface area contributed by atoms with Gasteiger partial charge in [-0.2, -0.15) is 5.10 Å². The monoisotopic (exact) mass is 559 g/mol. The van der Waals surface area contributed by atoms with Gasteiger partial charge in [0.05, 0.1) is 17.7 Å². The number of carbonyl (C=O) groups excluding carboxylic acids is 1. The third-order valence-electron chi connectivity index (χ3n) is 6.58. The Bertz CT molecular complexity index is 1490. The van der Waals surface area contributed by atoms with E-state index in [1.165, 1.54) is 22.3 Å². The van der Waals surface area contributed by atoms with Gasteiger partial charge in [0, 0.05) is 23.6 Å². The summed E-state index contributed by atoms with van der Waals surface area (Å²) in [5.74, 6) is 1.43. The van der Waals surface area contributed by atoms with Gasteiger partial charge in [-0.3, -0.25) is 9.36 Å². The fourth-order valence-corrected chi connectivity index (χ4v) is 5.40. The van der Waals surface area contributed by atoms with Gasteiger partial charge in [-0.05, 0) is 40.8 Å². The van der Waals surface area contributed by atoms with Crippen LogP contribution in [-0.2, 0) is 16.8 Å². The highest BCUT2D eigenvalue weighted by Crippen LogP contribution is 2.34. The maximum atomic E-state index is 13.5. The molecular weight excluding hydrogens is 530 g/mol. The van der Waals surface area contributed by atoms with Crippen LogP contribution in [0, 0.1) is 0 Å². The van der Waals surface area contributed by atoms with E-state index in [9.17, 15) is 4.79 Å². The Morgan fingerprint density at radius 3 is 2.46 bits per heavy atom. The van der Waals surface area contributed by atoms with E-state index in [0.29, 0.717) is 28.9 Å². The number of allylic oxidation sites excluding steroid dienone is 1. The summed E-state index contributed by atoms with van der Waals surface area (Å²) < 4.78 is 7.64. The molecule has 2 aromatic heterocycles. The summed E-state index contributed by atoms with van der Waals surface area (Å²) in [5.41, 5.74) is 4.00. The number of rotatable bonds is 8. The smallest absolute Gasteiger partial charge is 0.253 e. The SMILES string of the molecule is C=CCn1c(SCC(=O)N2N=C(c3ccc(Cl)cc3)C[C@H]2c2ccco2)nnc1-c1ccc(C(C)(C)C)cc1. The van der Waals surface area contributed by atoms with Crippen LogP contribution in [0.4, 0.5) is 0 Å². The first kappa shape index (κ1) is 27.0. The number of benzene rings is 2. The number of hydrogen-bond acceptors (Lipinski definition) is 6. The number of hydrazone groups is 1. The average Bonchev–Trinajstić information content (AvgIpc) is 3.68. The van der Waals surface area contributed by atoms with Crippen LogP contribution in [0.1, 0.15) is 50.1 Å². The summed E-state index contributed by atoms with van der Waals surface area (Å²) in [5, 5.41) is 16.4. The van der Waals surface area contributed by atoms with E-state index in [1.54, 1.807) is 12.3 Å². The van der Waals surface area contributed by atoms with Crippen molar-refractivity contribution in [2.24, 2.45) is 5.10 Å². The standard InChI is InChI=1S/C30H30ClN5O2S/c1-5-16-35-28(21-8-12-22(13-9-21)30(2,3)4)32-33-29(35)39-19-27(37)36-25(26-7-6-17-38-26)18-24(34-36)20-10-14-23(31)15-11-20/h5-15,17,25H,1,16,18-19H2,2-4H3/t25-/m0/s1. The molecule has 4 aromatic rings. The molecular formula is C30H30ClN5O2S. The lowest BCUT2D eigenvalue weighted by molar-refractivity contribution is -0.130. The van der Waals surface area contributed by atoms with Crippen LogP contribution in [0.15, 0.2) is 94.3 Å². The number of amides is 1. The zero-order valence-electron chi connectivity index (χ0n) is 22.2. The van der Waals surface area contributed by atoms with E-state index in [-0.39, 0.29) is 23.1 Å². The highest BCUT2D eigenvalue weighted by atomic mass is 35.5. The number of halogens is 1. The minimum absolute atomic E-state index is 0.0632. The number of aromatic nitrogens is 3. The van der Waals surface area contributed by atoms with Gasteiger partial charge < -0.3 is 4.42 Å². The van der Waals surface area contributed by atoms with Crippen molar-refractivity contribution in [1.82, 2.24) is 19.8 Å². The summed E-state index contributed by atoms with van der Waals surface area (Å²) in [4.78, 5) is 13.5. The second-order valence-corrected chi connectivity index (χ2v) is 11.7. The van der Waals surface area contributed by atoms with Crippen LogP contribution in [-0.4, -0.2) is 37.1 Å². The maximum Gasteiger partial charge on any atom is 0.253 e. The van der Waals surface area contributed by atoms with Crippen molar-refractivity contribution in [2.75, 3.05) is 5.75 Å². The predicted octanol–water partition coefficient (Wildman–Crippen LogP) is 7.15. The van der Waals surface area contributed by atoms with Crippen molar-refractivity contribution in [2.45, 2.75) is 50.4 Å². The van der Waals surface area contributed by atoms with Crippen molar-refractivity contribution in [3.05, 3.63) is 101 Å².